The Kier molecular flexibility index (Phi) is 7.04. The second-order valence-corrected chi connectivity index (χ2v) is 8.16. The second kappa shape index (κ2) is 10.2. The van der Waals surface area contributed by atoms with E-state index < -0.39 is 12.4 Å². The standard InChI is InChI=1S/C26H22F3NO5/c27-26(28,29)35-21-10-7-18(8-11-21)24-13-12-20(34-24)9-6-17-3-1-5-22-23(17)15-30(25(22)33)19(16-32)4-2-14-31/h1,3,5,7-8,10-14,16,19H,2,4,6,9,15H2. The molecule has 2 heterocycles. The van der Waals surface area contributed by atoms with Crippen LogP contribution in [0.3, 0.4) is 0 Å². The number of carbonyl (C=O) groups excluding carboxylic acids is 3. The van der Waals surface area contributed by atoms with Crippen molar-refractivity contribution in [3.63, 3.8) is 0 Å². The summed E-state index contributed by atoms with van der Waals surface area (Å²) >= 11 is 0. The van der Waals surface area contributed by atoms with Gasteiger partial charge in [0.2, 0.25) is 0 Å². The van der Waals surface area contributed by atoms with Crippen molar-refractivity contribution in [1.29, 1.82) is 0 Å². The summed E-state index contributed by atoms with van der Waals surface area (Å²) in [5.74, 6) is 0.675. The number of rotatable bonds is 10. The maximum atomic E-state index is 12.8. The minimum Gasteiger partial charge on any atom is -0.461 e. The Bertz CT molecular complexity index is 1220. The third-order valence-corrected chi connectivity index (χ3v) is 5.91. The van der Waals surface area contributed by atoms with E-state index in [0.717, 1.165) is 17.4 Å². The normalized spacial score (nSPS) is 14.0. The number of furan rings is 1. The first-order valence-corrected chi connectivity index (χ1v) is 11.0. The summed E-state index contributed by atoms with van der Waals surface area (Å²) in [4.78, 5) is 36.5. The third kappa shape index (κ3) is 5.62. The fourth-order valence-electron chi connectivity index (χ4n) is 4.20. The molecular weight excluding hydrogens is 463 g/mol. The number of amides is 1. The van der Waals surface area contributed by atoms with Crippen molar-refractivity contribution in [3.8, 4) is 17.1 Å². The molecule has 1 amide bonds. The number of benzene rings is 2. The summed E-state index contributed by atoms with van der Waals surface area (Å²) in [5, 5.41) is 0. The van der Waals surface area contributed by atoms with Crippen LogP contribution in [0, 0.1) is 0 Å². The summed E-state index contributed by atoms with van der Waals surface area (Å²) in [6, 6.07) is 13.8. The Balaban J connectivity index is 1.43. The van der Waals surface area contributed by atoms with Crippen LogP contribution in [-0.4, -0.2) is 35.8 Å². The Hall–Kier alpha value is -3.88. The van der Waals surface area contributed by atoms with Crippen molar-refractivity contribution >= 4 is 18.5 Å². The van der Waals surface area contributed by atoms with Gasteiger partial charge in [-0.25, -0.2) is 0 Å². The molecule has 0 radical (unpaired) electrons. The predicted octanol–water partition coefficient (Wildman–Crippen LogP) is 5.13. The lowest BCUT2D eigenvalue weighted by Gasteiger charge is -2.22. The molecule has 182 valence electrons. The number of ether oxygens (including phenoxy) is 1. The monoisotopic (exact) mass is 485 g/mol. The molecule has 0 bridgehead atoms. The first-order chi connectivity index (χ1) is 16.8. The summed E-state index contributed by atoms with van der Waals surface area (Å²) in [6.07, 6.45) is -1.67. The largest absolute Gasteiger partial charge is 0.573 e. The molecule has 0 fully saturated rings. The van der Waals surface area contributed by atoms with Crippen LogP contribution in [0.4, 0.5) is 13.2 Å². The molecule has 1 aromatic heterocycles. The van der Waals surface area contributed by atoms with Gasteiger partial charge in [0, 0.05) is 30.5 Å². The Morgan fingerprint density at radius 1 is 1.03 bits per heavy atom. The van der Waals surface area contributed by atoms with Crippen LogP contribution in [0.25, 0.3) is 11.3 Å². The van der Waals surface area contributed by atoms with Crippen molar-refractivity contribution in [2.75, 3.05) is 0 Å². The second-order valence-electron chi connectivity index (χ2n) is 8.16. The van der Waals surface area contributed by atoms with Crippen molar-refractivity contribution in [3.05, 3.63) is 77.0 Å². The highest BCUT2D eigenvalue weighted by atomic mass is 19.4. The Morgan fingerprint density at radius 2 is 1.80 bits per heavy atom. The summed E-state index contributed by atoms with van der Waals surface area (Å²) < 4.78 is 46.8. The van der Waals surface area contributed by atoms with E-state index in [1.807, 2.05) is 6.07 Å². The van der Waals surface area contributed by atoms with Gasteiger partial charge >= 0.3 is 6.36 Å². The first kappa shape index (κ1) is 24.3. The molecule has 4 rings (SSSR count). The third-order valence-electron chi connectivity index (χ3n) is 5.91. The molecule has 0 saturated carbocycles. The highest BCUT2D eigenvalue weighted by molar-refractivity contribution is 6.00. The smallest absolute Gasteiger partial charge is 0.461 e. The van der Waals surface area contributed by atoms with Gasteiger partial charge in [-0.1, -0.05) is 12.1 Å². The van der Waals surface area contributed by atoms with Gasteiger partial charge in [0.15, 0.2) is 0 Å². The number of hydrogen-bond donors (Lipinski definition) is 0. The number of halogens is 3. The minimum absolute atomic E-state index is 0.204. The molecule has 6 nitrogen and oxygen atoms in total. The van der Waals surface area contributed by atoms with E-state index >= 15 is 0 Å². The van der Waals surface area contributed by atoms with Crippen LogP contribution < -0.4 is 4.74 Å². The summed E-state index contributed by atoms with van der Waals surface area (Å²) in [7, 11) is 0. The lowest BCUT2D eigenvalue weighted by atomic mass is 9.99. The molecule has 0 aliphatic carbocycles. The average molecular weight is 485 g/mol. The van der Waals surface area contributed by atoms with Gasteiger partial charge in [-0.05, 0) is 66.4 Å². The highest BCUT2D eigenvalue weighted by Crippen LogP contribution is 2.31. The van der Waals surface area contributed by atoms with Crippen LogP contribution in [0.2, 0.25) is 0 Å². The summed E-state index contributed by atoms with van der Waals surface area (Å²) in [6.45, 7) is 0.308. The van der Waals surface area contributed by atoms with Gasteiger partial charge in [-0.3, -0.25) is 4.79 Å². The number of hydrogen-bond acceptors (Lipinski definition) is 5. The van der Waals surface area contributed by atoms with Gasteiger partial charge in [0.1, 0.15) is 29.8 Å². The number of nitrogens with zero attached hydrogens (tertiary/aromatic N) is 1. The maximum absolute atomic E-state index is 12.8. The van der Waals surface area contributed by atoms with Crippen LogP contribution in [0.15, 0.2) is 59.0 Å². The topological polar surface area (TPSA) is 76.8 Å². The Morgan fingerprint density at radius 3 is 2.49 bits per heavy atom. The van der Waals surface area contributed by atoms with Crippen LogP contribution in [0.5, 0.6) is 5.75 Å². The number of aldehydes is 2. The molecule has 0 N–H and O–H groups in total. The highest BCUT2D eigenvalue weighted by Gasteiger charge is 2.33. The molecule has 35 heavy (non-hydrogen) atoms. The zero-order valence-electron chi connectivity index (χ0n) is 18.6. The Labute approximate surface area is 199 Å². The van der Waals surface area contributed by atoms with Crippen molar-refractivity contribution < 1.29 is 36.7 Å². The molecular formula is C26H22F3NO5. The number of fused-ring (bicyclic) bond motifs is 1. The molecule has 0 saturated heterocycles. The van der Waals surface area contributed by atoms with Crippen LogP contribution in [0.1, 0.15) is 40.1 Å². The van der Waals surface area contributed by atoms with E-state index in [1.54, 1.807) is 24.3 Å². The van der Waals surface area contributed by atoms with Gasteiger partial charge in [-0.2, -0.15) is 0 Å². The van der Waals surface area contributed by atoms with Crippen molar-refractivity contribution in [1.82, 2.24) is 4.90 Å². The quantitative estimate of drug-likeness (QED) is 0.372. The lowest BCUT2D eigenvalue weighted by Crippen LogP contribution is -2.36. The fourth-order valence-corrected chi connectivity index (χ4v) is 4.20. The van der Waals surface area contributed by atoms with E-state index in [0.29, 0.717) is 54.7 Å². The number of carbonyl (C=O) groups is 3. The maximum Gasteiger partial charge on any atom is 0.573 e. The van der Waals surface area contributed by atoms with Crippen molar-refractivity contribution in [2.24, 2.45) is 0 Å². The first-order valence-electron chi connectivity index (χ1n) is 11.0. The van der Waals surface area contributed by atoms with Gasteiger partial charge in [0.25, 0.3) is 5.91 Å². The van der Waals surface area contributed by atoms with Gasteiger partial charge < -0.3 is 23.6 Å². The molecule has 2 aromatic carbocycles. The zero-order chi connectivity index (χ0) is 25.0. The SMILES string of the molecule is O=CCCC(C=O)N1Cc2c(CCc3ccc(-c4ccc(OC(F)(F)F)cc4)o3)cccc2C1=O. The van der Waals surface area contributed by atoms with E-state index in [1.165, 1.54) is 29.2 Å². The zero-order valence-corrected chi connectivity index (χ0v) is 18.6. The minimum atomic E-state index is -4.75. The van der Waals surface area contributed by atoms with E-state index in [4.69, 9.17) is 4.42 Å². The van der Waals surface area contributed by atoms with Gasteiger partial charge in [-0.15, -0.1) is 13.2 Å². The summed E-state index contributed by atoms with van der Waals surface area (Å²) in [5.41, 5.74) is 3.00. The number of aryl methyl sites for hydroxylation is 2. The average Bonchev–Trinajstić information content (AvgIpc) is 3.43. The molecule has 1 unspecified atom stereocenters. The van der Waals surface area contributed by atoms with E-state index in [9.17, 15) is 27.6 Å². The van der Waals surface area contributed by atoms with Crippen molar-refractivity contribution in [2.45, 2.75) is 44.6 Å². The molecule has 1 atom stereocenters. The number of alkyl halides is 3. The van der Waals surface area contributed by atoms with Gasteiger partial charge in [0.05, 0.1) is 6.04 Å². The molecule has 1 aliphatic heterocycles. The van der Waals surface area contributed by atoms with Crippen LogP contribution in [-0.2, 0) is 29.0 Å². The van der Waals surface area contributed by atoms with E-state index in [-0.39, 0.29) is 18.1 Å². The van der Waals surface area contributed by atoms with Crippen LogP contribution >= 0.6 is 0 Å². The lowest BCUT2D eigenvalue weighted by molar-refractivity contribution is -0.274. The van der Waals surface area contributed by atoms with E-state index in [2.05, 4.69) is 4.74 Å². The molecule has 9 heteroatoms. The molecule has 3 aromatic rings. The fraction of sp³-hybridized carbons (Fsp3) is 0.269. The molecule has 1 aliphatic rings. The predicted molar refractivity (Wildman–Crippen MR) is 120 cm³/mol. The molecule has 0 spiro atoms.